The summed E-state index contributed by atoms with van der Waals surface area (Å²) in [7, 11) is 0. The van der Waals surface area contributed by atoms with Crippen LogP contribution in [0.2, 0.25) is 0 Å². The molecule has 2 aromatic carbocycles. The smallest absolute Gasteiger partial charge is 0.344 e. The van der Waals surface area contributed by atoms with E-state index in [-0.39, 0.29) is 23.7 Å². The highest BCUT2D eigenvalue weighted by Gasteiger charge is 2.33. The highest BCUT2D eigenvalue weighted by molar-refractivity contribution is 8.18. The molecular formula is C23H23NO5S. The lowest BCUT2D eigenvalue weighted by Gasteiger charge is -2.05. The molecule has 0 radical (unpaired) electrons. The van der Waals surface area contributed by atoms with Crippen molar-refractivity contribution >= 4 is 34.5 Å². The van der Waals surface area contributed by atoms with Crippen LogP contribution in [0.4, 0.5) is 5.69 Å². The molecule has 3 rings (SSSR count). The third kappa shape index (κ3) is 4.86. The molecule has 0 spiro atoms. The third-order valence-electron chi connectivity index (χ3n) is 4.27. The fourth-order valence-corrected chi connectivity index (χ4v) is 3.85. The van der Waals surface area contributed by atoms with Crippen molar-refractivity contribution in [1.82, 2.24) is 0 Å². The van der Waals surface area contributed by atoms with Gasteiger partial charge in [0.25, 0.3) is 0 Å². The van der Waals surface area contributed by atoms with E-state index in [0.29, 0.717) is 27.8 Å². The second-order valence-electron chi connectivity index (χ2n) is 6.44. The lowest BCUT2D eigenvalue weighted by molar-refractivity contribution is -0.138. The summed E-state index contributed by atoms with van der Waals surface area (Å²) < 4.78 is 10.6. The quantitative estimate of drug-likeness (QED) is 0.611. The monoisotopic (exact) mass is 425 g/mol. The number of carbonyl (C=O) groups excluding carboxylic acids is 1. The number of rotatable bonds is 6. The first-order chi connectivity index (χ1) is 14.4. The summed E-state index contributed by atoms with van der Waals surface area (Å²) in [5.74, 6) is 0.125. The van der Waals surface area contributed by atoms with Crippen LogP contribution < -0.4 is 4.74 Å². The maximum Gasteiger partial charge on any atom is 0.344 e. The van der Waals surface area contributed by atoms with Gasteiger partial charge in [-0.3, -0.25) is 0 Å². The number of aromatic hydroxyl groups is 1. The first-order valence-corrected chi connectivity index (χ1v) is 10.4. The SMILES string of the molecule is CCOC(=O)C1=C(O)/C(=C\c2ccc(O)c(C)c2)SC1=Nc1ccc(OCC)cc1. The number of phenolic OH excluding ortho intramolecular Hbond substituents is 1. The van der Waals surface area contributed by atoms with Gasteiger partial charge in [-0.05, 0) is 74.4 Å². The zero-order valence-corrected chi connectivity index (χ0v) is 17.8. The van der Waals surface area contributed by atoms with Gasteiger partial charge in [0.05, 0.1) is 23.8 Å². The fourth-order valence-electron chi connectivity index (χ4n) is 2.81. The Kier molecular flexibility index (Phi) is 6.84. The number of hydrogen-bond donors (Lipinski definition) is 2. The van der Waals surface area contributed by atoms with Crippen LogP contribution in [0.1, 0.15) is 25.0 Å². The number of hydrogen-bond acceptors (Lipinski definition) is 7. The lowest BCUT2D eigenvalue weighted by Crippen LogP contribution is -2.12. The normalized spacial score (nSPS) is 16.4. The highest BCUT2D eigenvalue weighted by Crippen LogP contribution is 2.40. The molecule has 1 aliphatic heterocycles. The first kappa shape index (κ1) is 21.5. The summed E-state index contributed by atoms with van der Waals surface area (Å²) in [6.07, 6.45) is 1.74. The van der Waals surface area contributed by atoms with Crippen molar-refractivity contribution in [2.75, 3.05) is 13.2 Å². The maximum atomic E-state index is 12.5. The van der Waals surface area contributed by atoms with Crippen LogP contribution >= 0.6 is 11.8 Å². The van der Waals surface area contributed by atoms with E-state index in [1.165, 1.54) is 11.8 Å². The van der Waals surface area contributed by atoms with Gasteiger partial charge in [0.15, 0.2) is 0 Å². The molecule has 0 saturated heterocycles. The molecule has 0 aromatic heterocycles. The Morgan fingerprint density at radius 2 is 1.83 bits per heavy atom. The molecule has 1 heterocycles. The van der Waals surface area contributed by atoms with Crippen LogP contribution in [0.15, 0.2) is 63.7 Å². The van der Waals surface area contributed by atoms with Crippen molar-refractivity contribution < 1.29 is 24.5 Å². The van der Waals surface area contributed by atoms with Gasteiger partial charge in [-0.2, -0.15) is 0 Å². The van der Waals surface area contributed by atoms with Crippen LogP contribution in [-0.4, -0.2) is 34.4 Å². The van der Waals surface area contributed by atoms with Crippen LogP contribution in [0.3, 0.4) is 0 Å². The van der Waals surface area contributed by atoms with Gasteiger partial charge in [-0.15, -0.1) is 0 Å². The number of aliphatic hydroxyl groups is 1. The van der Waals surface area contributed by atoms with Gasteiger partial charge in [0.1, 0.15) is 27.9 Å². The lowest BCUT2D eigenvalue weighted by atomic mass is 10.1. The van der Waals surface area contributed by atoms with Gasteiger partial charge in [-0.25, -0.2) is 9.79 Å². The number of thioether (sulfide) groups is 1. The molecule has 30 heavy (non-hydrogen) atoms. The molecule has 7 heteroatoms. The Balaban J connectivity index is 1.99. The molecule has 0 unspecified atom stereocenters. The number of ether oxygens (including phenoxy) is 2. The molecule has 0 atom stereocenters. The largest absolute Gasteiger partial charge is 0.508 e. The van der Waals surface area contributed by atoms with Crippen molar-refractivity contribution in [3.05, 3.63) is 69.8 Å². The Labute approximate surface area is 179 Å². The molecule has 2 N–H and O–H groups in total. The Morgan fingerprint density at radius 1 is 1.10 bits per heavy atom. The molecule has 2 aromatic rings. The predicted molar refractivity (Wildman–Crippen MR) is 119 cm³/mol. The molecule has 0 bridgehead atoms. The molecule has 0 fully saturated rings. The standard InChI is InChI=1S/C23H23NO5S/c1-4-28-17-9-7-16(8-10-17)24-22-20(23(27)29-5-2)21(26)19(30-22)13-15-6-11-18(25)14(3)12-15/h6-13,25-26H,4-5H2,1-3H3/b19-13+,24-22?. The molecule has 0 amide bonds. The minimum atomic E-state index is -0.627. The van der Waals surface area contributed by atoms with Gasteiger partial charge in [0, 0.05) is 0 Å². The van der Waals surface area contributed by atoms with E-state index < -0.39 is 5.97 Å². The van der Waals surface area contributed by atoms with E-state index in [9.17, 15) is 15.0 Å². The Morgan fingerprint density at radius 3 is 2.47 bits per heavy atom. The van der Waals surface area contributed by atoms with Gasteiger partial charge in [-0.1, -0.05) is 17.8 Å². The summed E-state index contributed by atoms with van der Waals surface area (Å²) in [5.41, 5.74) is 2.16. The number of phenols is 1. The van der Waals surface area contributed by atoms with Crippen molar-refractivity contribution in [2.24, 2.45) is 4.99 Å². The van der Waals surface area contributed by atoms with E-state index in [1.807, 2.05) is 6.92 Å². The van der Waals surface area contributed by atoms with E-state index in [0.717, 1.165) is 11.3 Å². The molecular weight excluding hydrogens is 402 g/mol. The summed E-state index contributed by atoms with van der Waals surface area (Å²) >= 11 is 1.19. The number of benzene rings is 2. The van der Waals surface area contributed by atoms with Gasteiger partial charge in [0.2, 0.25) is 0 Å². The molecule has 1 aliphatic rings. The second kappa shape index (κ2) is 9.54. The van der Waals surface area contributed by atoms with Crippen LogP contribution in [0.5, 0.6) is 11.5 Å². The average molecular weight is 426 g/mol. The number of esters is 1. The van der Waals surface area contributed by atoms with Gasteiger partial charge >= 0.3 is 5.97 Å². The van der Waals surface area contributed by atoms with Crippen LogP contribution in [0.25, 0.3) is 6.08 Å². The number of aliphatic hydroxyl groups excluding tert-OH is 1. The van der Waals surface area contributed by atoms with E-state index in [4.69, 9.17) is 9.47 Å². The second-order valence-corrected chi connectivity index (χ2v) is 7.48. The molecule has 0 saturated carbocycles. The number of aliphatic imine (C=N–C) groups is 1. The minimum Gasteiger partial charge on any atom is -0.508 e. The zero-order chi connectivity index (χ0) is 21.7. The average Bonchev–Trinajstić information content (AvgIpc) is 3.01. The summed E-state index contributed by atoms with van der Waals surface area (Å²) in [6.45, 7) is 6.16. The number of nitrogens with zero attached hydrogens (tertiary/aromatic N) is 1. The van der Waals surface area contributed by atoms with Crippen molar-refractivity contribution in [1.29, 1.82) is 0 Å². The predicted octanol–water partition coefficient (Wildman–Crippen LogP) is 5.29. The molecule has 156 valence electrons. The van der Waals surface area contributed by atoms with E-state index in [2.05, 4.69) is 4.99 Å². The van der Waals surface area contributed by atoms with Crippen molar-refractivity contribution in [3.63, 3.8) is 0 Å². The number of aryl methyl sites for hydroxylation is 1. The summed E-state index contributed by atoms with van der Waals surface area (Å²) in [6, 6.07) is 12.3. The van der Waals surface area contributed by atoms with Crippen molar-refractivity contribution in [2.45, 2.75) is 20.8 Å². The zero-order valence-electron chi connectivity index (χ0n) is 17.0. The summed E-state index contributed by atoms with van der Waals surface area (Å²) in [4.78, 5) is 17.5. The molecule has 0 aliphatic carbocycles. The number of carbonyl (C=O) groups is 1. The van der Waals surface area contributed by atoms with Crippen LogP contribution in [0, 0.1) is 6.92 Å². The first-order valence-electron chi connectivity index (χ1n) is 9.54. The fraction of sp³-hybridized carbons (Fsp3) is 0.217. The van der Waals surface area contributed by atoms with E-state index >= 15 is 0 Å². The molecule has 6 nitrogen and oxygen atoms in total. The Bertz CT molecular complexity index is 1040. The Hall–Kier alpha value is -3.19. The summed E-state index contributed by atoms with van der Waals surface area (Å²) in [5, 5.41) is 20.8. The van der Waals surface area contributed by atoms with Crippen LogP contribution in [-0.2, 0) is 9.53 Å². The topological polar surface area (TPSA) is 88.4 Å². The van der Waals surface area contributed by atoms with Crippen molar-refractivity contribution in [3.8, 4) is 11.5 Å². The third-order valence-corrected chi connectivity index (χ3v) is 5.29. The van der Waals surface area contributed by atoms with Gasteiger partial charge < -0.3 is 19.7 Å². The minimum absolute atomic E-state index is 0.0393. The van der Waals surface area contributed by atoms with E-state index in [1.54, 1.807) is 62.4 Å². The highest BCUT2D eigenvalue weighted by atomic mass is 32.2. The maximum absolute atomic E-state index is 12.5.